The van der Waals surface area contributed by atoms with Gasteiger partial charge in [0.05, 0.1) is 24.0 Å². The lowest BCUT2D eigenvalue weighted by molar-refractivity contribution is 0.167. The van der Waals surface area contributed by atoms with Crippen molar-refractivity contribution < 1.29 is 0 Å². The first-order valence-electron chi connectivity index (χ1n) is 5.18. The molecule has 1 aromatic rings. The minimum absolute atomic E-state index is 0.0382. The van der Waals surface area contributed by atoms with Gasteiger partial charge in [0, 0.05) is 0 Å². The van der Waals surface area contributed by atoms with Crippen LogP contribution in [0.2, 0.25) is 0 Å². The molecule has 1 aromatic carbocycles. The van der Waals surface area contributed by atoms with Crippen molar-refractivity contribution in [2.45, 2.75) is 12.8 Å². The van der Waals surface area contributed by atoms with Crippen LogP contribution in [0.4, 0.5) is 0 Å². The number of rotatable bonds is 2. The highest BCUT2D eigenvalue weighted by Crippen LogP contribution is 2.41. The topological polar surface area (TPSA) is 47.6 Å². The maximum Gasteiger partial charge on any atom is 0.0672 e. The van der Waals surface area contributed by atoms with Gasteiger partial charge in [0.15, 0.2) is 0 Å². The summed E-state index contributed by atoms with van der Waals surface area (Å²) in [4.78, 5) is 0. The van der Waals surface area contributed by atoms with Crippen molar-refractivity contribution in [3.63, 3.8) is 0 Å². The van der Waals surface area contributed by atoms with E-state index in [1.807, 2.05) is 18.2 Å². The number of hydrogen-bond acceptors (Lipinski definition) is 2. The van der Waals surface area contributed by atoms with Crippen molar-refractivity contribution in [1.82, 2.24) is 0 Å². The van der Waals surface area contributed by atoms with E-state index in [2.05, 4.69) is 24.3 Å². The summed E-state index contributed by atoms with van der Waals surface area (Å²) in [5.41, 5.74) is 1.26. The Morgan fingerprint density at radius 1 is 1.13 bits per heavy atom. The van der Waals surface area contributed by atoms with E-state index >= 15 is 0 Å². The average molecular weight is 196 g/mol. The third-order valence-corrected chi connectivity index (χ3v) is 3.15. The van der Waals surface area contributed by atoms with Crippen molar-refractivity contribution >= 4 is 0 Å². The molecule has 1 aliphatic carbocycles. The monoisotopic (exact) mass is 196 g/mol. The molecule has 2 nitrogen and oxygen atoms in total. The second-order valence-electron chi connectivity index (χ2n) is 4.08. The van der Waals surface area contributed by atoms with E-state index in [4.69, 9.17) is 10.5 Å². The molecule has 74 valence electrons. The molecule has 1 aliphatic rings. The predicted molar refractivity (Wildman–Crippen MR) is 56.5 cm³/mol. The van der Waals surface area contributed by atoms with Gasteiger partial charge in [-0.1, -0.05) is 30.3 Å². The Labute approximate surface area is 89.8 Å². The Balaban J connectivity index is 1.99. The van der Waals surface area contributed by atoms with Crippen molar-refractivity contribution in [3.8, 4) is 12.1 Å². The maximum atomic E-state index is 8.93. The number of hydrogen-bond donors (Lipinski definition) is 0. The molecule has 0 aromatic heterocycles. The fraction of sp³-hybridized carbons (Fsp3) is 0.385. The third-order valence-electron chi connectivity index (χ3n) is 3.15. The Bertz CT molecular complexity index is 410. The summed E-state index contributed by atoms with van der Waals surface area (Å²) >= 11 is 0. The lowest BCUT2D eigenvalue weighted by Gasteiger charge is -2.36. The van der Waals surface area contributed by atoms with Crippen molar-refractivity contribution in [1.29, 1.82) is 10.5 Å². The van der Waals surface area contributed by atoms with E-state index in [1.54, 1.807) is 0 Å². The van der Waals surface area contributed by atoms with Crippen LogP contribution in [-0.2, 0) is 6.42 Å². The molecule has 0 bridgehead atoms. The largest absolute Gasteiger partial charge is 0.198 e. The second kappa shape index (κ2) is 4.15. The quantitative estimate of drug-likeness (QED) is 0.729. The van der Waals surface area contributed by atoms with Gasteiger partial charge in [0.1, 0.15) is 0 Å². The van der Waals surface area contributed by atoms with E-state index < -0.39 is 0 Å². The number of benzene rings is 1. The van der Waals surface area contributed by atoms with Crippen LogP contribution in [0.5, 0.6) is 0 Å². The highest BCUT2D eigenvalue weighted by Gasteiger charge is 2.41. The zero-order valence-corrected chi connectivity index (χ0v) is 8.43. The van der Waals surface area contributed by atoms with Crippen LogP contribution in [0.15, 0.2) is 30.3 Å². The summed E-state index contributed by atoms with van der Waals surface area (Å²) in [5.74, 6) is 0.279. The van der Waals surface area contributed by atoms with E-state index in [0.717, 1.165) is 12.8 Å². The molecule has 1 saturated carbocycles. The molecular weight excluding hydrogens is 184 g/mol. The van der Waals surface area contributed by atoms with Crippen LogP contribution in [0.25, 0.3) is 0 Å². The van der Waals surface area contributed by atoms with Gasteiger partial charge in [-0.25, -0.2) is 0 Å². The molecule has 0 N–H and O–H groups in total. The van der Waals surface area contributed by atoms with Crippen LogP contribution in [0.3, 0.4) is 0 Å². The Hall–Kier alpha value is -1.80. The molecule has 15 heavy (non-hydrogen) atoms. The predicted octanol–water partition coefficient (Wildman–Crippen LogP) is 2.53. The summed E-state index contributed by atoms with van der Waals surface area (Å²) < 4.78 is 0. The maximum absolute atomic E-state index is 8.93. The number of nitriles is 2. The van der Waals surface area contributed by atoms with Gasteiger partial charge in [-0.15, -0.1) is 0 Å². The second-order valence-corrected chi connectivity index (χ2v) is 4.08. The van der Waals surface area contributed by atoms with Crippen LogP contribution in [0.1, 0.15) is 12.0 Å². The molecule has 2 rings (SSSR count). The van der Waals surface area contributed by atoms with Crippen LogP contribution >= 0.6 is 0 Å². The summed E-state index contributed by atoms with van der Waals surface area (Å²) in [6.45, 7) is 0. The highest BCUT2D eigenvalue weighted by molar-refractivity contribution is 5.19. The molecule has 0 amide bonds. The summed E-state index contributed by atoms with van der Waals surface area (Å²) in [5, 5.41) is 17.7. The minimum atomic E-state index is -0.0600. The smallest absolute Gasteiger partial charge is 0.0672 e. The van der Waals surface area contributed by atoms with Crippen LogP contribution in [-0.4, -0.2) is 0 Å². The lowest BCUT2D eigenvalue weighted by Crippen LogP contribution is -2.36. The Kier molecular flexibility index (Phi) is 2.70. The van der Waals surface area contributed by atoms with Gasteiger partial charge < -0.3 is 0 Å². The molecule has 0 radical (unpaired) electrons. The fourth-order valence-corrected chi connectivity index (χ4v) is 2.21. The first-order valence-corrected chi connectivity index (χ1v) is 5.18. The van der Waals surface area contributed by atoms with Gasteiger partial charge in [0.25, 0.3) is 0 Å². The van der Waals surface area contributed by atoms with Crippen LogP contribution < -0.4 is 0 Å². The van der Waals surface area contributed by atoms with E-state index in [1.165, 1.54) is 5.56 Å². The molecule has 2 heteroatoms. The van der Waals surface area contributed by atoms with Crippen molar-refractivity contribution in [3.05, 3.63) is 35.9 Å². The van der Waals surface area contributed by atoms with E-state index in [-0.39, 0.29) is 11.8 Å². The Morgan fingerprint density at radius 3 is 2.47 bits per heavy atom. The van der Waals surface area contributed by atoms with Gasteiger partial charge in [-0.3, -0.25) is 0 Å². The average Bonchev–Trinajstić information content (AvgIpc) is 2.25. The normalized spacial score (nSPS) is 28.5. The van der Waals surface area contributed by atoms with Gasteiger partial charge in [-0.2, -0.15) is 10.5 Å². The van der Waals surface area contributed by atoms with Crippen LogP contribution in [0, 0.1) is 40.4 Å². The fourth-order valence-electron chi connectivity index (χ4n) is 2.21. The standard InChI is InChI=1S/C13H12N2/c14-8-12-7-11(13(12)9-15)6-10-4-2-1-3-5-10/h1-5,11-13H,6-7H2/t11?,12-,13-/m0/s1. The molecule has 1 unspecified atom stereocenters. The number of nitrogens with zero attached hydrogens (tertiary/aromatic N) is 2. The van der Waals surface area contributed by atoms with Gasteiger partial charge >= 0.3 is 0 Å². The minimum Gasteiger partial charge on any atom is -0.198 e. The molecule has 3 atom stereocenters. The van der Waals surface area contributed by atoms with E-state index in [0.29, 0.717) is 5.92 Å². The molecule has 0 saturated heterocycles. The van der Waals surface area contributed by atoms with Crippen molar-refractivity contribution in [2.75, 3.05) is 0 Å². The van der Waals surface area contributed by atoms with E-state index in [9.17, 15) is 0 Å². The zero-order valence-electron chi connectivity index (χ0n) is 8.43. The molecule has 1 fully saturated rings. The molecule has 0 spiro atoms. The zero-order chi connectivity index (χ0) is 10.7. The van der Waals surface area contributed by atoms with Gasteiger partial charge in [-0.05, 0) is 24.3 Å². The Morgan fingerprint density at radius 2 is 1.87 bits per heavy atom. The third kappa shape index (κ3) is 1.85. The van der Waals surface area contributed by atoms with Crippen molar-refractivity contribution in [2.24, 2.45) is 17.8 Å². The first kappa shape index (κ1) is 9.74. The lowest BCUT2D eigenvalue weighted by atomic mass is 9.64. The van der Waals surface area contributed by atoms with Gasteiger partial charge in [0.2, 0.25) is 0 Å². The summed E-state index contributed by atoms with van der Waals surface area (Å²) in [7, 11) is 0. The molecular formula is C13H12N2. The summed E-state index contributed by atoms with van der Waals surface area (Å²) in [6, 6.07) is 14.6. The first-order chi connectivity index (χ1) is 7.35. The highest BCUT2D eigenvalue weighted by atomic mass is 14.5. The molecule has 0 aliphatic heterocycles. The molecule has 0 heterocycles. The summed E-state index contributed by atoms with van der Waals surface area (Å²) in [6.07, 6.45) is 1.81. The SMILES string of the molecule is N#C[C@@H]1CC(Cc2ccccc2)[C@@H]1C#N.